The molecule has 0 aliphatic heterocycles. The molecule has 2 heterocycles. The maximum atomic E-state index is 6.00. The zero-order chi connectivity index (χ0) is 13.1. The Morgan fingerprint density at radius 2 is 2.11 bits per heavy atom. The number of anilines is 1. The van der Waals surface area contributed by atoms with Crippen molar-refractivity contribution < 1.29 is 0 Å². The third-order valence-corrected chi connectivity index (χ3v) is 3.95. The first-order valence-corrected chi connectivity index (χ1v) is 7.16. The van der Waals surface area contributed by atoms with Crippen LogP contribution in [0, 0.1) is 6.92 Å². The van der Waals surface area contributed by atoms with E-state index >= 15 is 0 Å². The molecule has 0 bridgehead atoms. The second-order valence-corrected chi connectivity index (χ2v) is 5.78. The molecule has 0 aromatic carbocycles. The Morgan fingerprint density at radius 1 is 1.33 bits per heavy atom. The van der Waals surface area contributed by atoms with Crippen molar-refractivity contribution in [2.45, 2.75) is 26.7 Å². The minimum absolute atomic E-state index is 0.783. The summed E-state index contributed by atoms with van der Waals surface area (Å²) in [7, 11) is 1.89. The molecule has 0 radical (unpaired) electrons. The average molecular weight is 282 g/mol. The summed E-state index contributed by atoms with van der Waals surface area (Å²) in [6.45, 7) is 4.16. The van der Waals surface area contributed by atoms with Crippen molar-refractivity contribution in [2.75, 3.05) is 12.4 Å². The molecule has 2 rings (SSSR count). The number of thiophene rings is 1. The standard InChI is InChI=1S/C13H16ClN3S/c1-4-5-11-16-12(8(2)13(15-3)17-11)9-6-7-10(14)18-9/h6-7H,4-5H2,1-3H3,(H,15,16,17). The highest BCUT2D eigenvalue weighted by Crippen LogP contribution is 2.33. The Labute approximate surface area is 116 Å². The van der Waals surface area contributed by atoms with E-state index in [4.69, 9.17) is 11.6 Å². The van der Waals surface area contributed by atoms with E-state index in [1.807, 2.05) is 26.1 Å². The number of aromatic nitrogens is 2. The molecule has 0 amide bonds. The molecule has 2 aromatic rings. The Bertz CT molecular complexity index is 551. The lowest BCUT2D eigenvalue weighted by Gasteiger charge is -2.10. The van der Waals surface area contributed by atoms with E-state index in [1.165, 1.54) is 0 Å². The van der Waals surface area contributed by atoms with Crippen molar-refractivity contribution in [3.05, 3.63) is 27.9 Å². The number of halogens is 1. The van der Waals surface area contributed by atoms with Crippen LogP contribution in [0.4, 0.5) is 5.82 Å². The zero-order valence-corrected chi connectivity index (χ0v) is 12.3. The van der Waals surface area contributed by atoms with Crippen molar-refractivity contribution in [1.29, 1.82) is 0 Å². The Hall–Kier alpha value is -1.13. The molecule has 0 saturated heterocycles. The highest BCUT2D eigenvalue weighted by molar-refractivity contribution is 7.19. The molecule has 0 unspecified atom stereocenters. The number of hydrogen-bond acceptors (Lipinski definition) is 4. The van der Waals surface area contributed by atoms with E-state index in [9.17, 15) is 0 Å². The molecule has 0 spiro atoms. The molecule has 3 nitrogen and oxygen atoms in total. The molecule has 5 heteroatoms. The lowest BCUT2D eigenvalue weighted by molar-refractivity contribution is 0.835. The van der Waals surface area contributed by atoms with Crippen molar-refractivity contribution in [3.8, 4) is 10.6 Å². The first-order valence-electron chi connectivity index (χ1n) is 5.96. The summed E-state index contributed by atoms with van der Waals surface area (Å²) in [4.78, 5) is 10.3. The van der Waals surface area contributed by atoms with E-state index in [1.54, 1.807) is 11.3 Å². The number of nitrogens with one attached hydrogen (secondary N) is 1. The Balaban J connectivity index is 2.54. The minimum Gasteiger partial charge on any atom is -0.373 e. The number of hydrogen-bond donors (Lipinski definition) is 1. The third kappa shape index (κ3) is 2.65. The second-order valence-electron chi connectivity index (χ2n) is 4.07. The van der Waals surface area contributed by atoms with Gasteiger partial charge in [0.05, 0.1) is 14.9 Å². The van der Waals surface area contributed by atoms with Gasteiger partial charge in [-0.15, -0.1) is 11.3 Å². The van der Waals surface area contributed by atoms with Gasteiger partial charge in [-0.1, -0.05) is 18.5 Å². The molecule has 0 aliphatic carbocycles. The van der Waals surface area contributed by atoms with Crippen LogP contribution in [0.5, 0.6) is 0 Å². The lowest BCUT2D eigenvalue weighted by atomic mass is 10.2. The van der Waals surface area contributed by atoms with Crippen molar-refractivity contribution >= 4 is 28.8 Å². The third-order valence-electron chi connectivity index (χ3n) is 2.71. The van der Waals surface area contributed by atoms with E-state index in [0.717, 1.165) is 45.0 Å². The average Bonchev–Trinajstić information content (AvgIpc) is 2.78. The van der Waals surface area contributed by atoms with Crippen LogP contribution in [0.2, 0.25) is 4.34 Å². The largest absolute Gasteiger partial charge is 0.373 e. The van der Waals surface area contributed by atoms with Gasteiger partial charge in [0.15, 0.2) is 0 Å². The molecule has 0 fully saturated rings. The molecular weight excluding hydrogens is 266 g/mol. The summed E-state index contributed by atoms with van der Waals surface area (Å²) in [5.74, 6) is 1.78. The van der Waals surface area contributed by atoms with Crippen LogP contribution in [0.1, 0.15) is 24.7 Å². The van der Waals surface area contributed by atoms with Crippen LogP contribution in [0.25, 0.3) is 10.6 Å². The normalized spacial score (nSPS) is 10.7. The summed E-state index contributed by atoms with van der Waals surface area (Å²) in [5, 5.41) is 3.13. The van der Waals surface area contributed by atoms with Gasteiger partial charge in [0.25, 0.3) is 0 Å². The quantitative estimate of drug-likeness (QED) is 0.914. The fraction of sp³-hybridized carbons (Fsp3) is 0.385. The van der Waals surface area contributed by atoms with E-state index in [-0.39, 0.29) is 0 Å². The van der Waals surface area contributed by atoms with Crippen molar-refractivity contribution in [3.63, 3.8) is 0 Å². The van der Waals surface area contributed by atoms with Gasteiger partial charge in [0, 0.05) is 19.0 Å². The molecule has 0 atom stereocenters. The molecule has 96 valence electrons. The van der Waals surface area contributed by atoms with Gasteiger partial charge in [0.1, 0.15) is 11.6 Å². The number of rotatable bonds is 4. The van der Waals surface area contributed by atoms with E-state index in [2.05, 4.69) is 22.2 Å². The van der Waals surface area contributed by atoms with Gasteiger partial charge in [0.2, 0.25) is 0 Å². The van der Waals surface area contributed by atoms with Crippen LogP contribution in [0.3, 0.4) is 0 Å². The summed E-state index contributed by atoms with van der Waals surface area (Å²) < 4.78 is 0.783. The molecule has 18 heavy (non-hydrogen) atoms. The Morgan fingerprint density at radius 3 is 2.67 bits per heavy atom. The van der Waals surface area contributed by atoms with Crippen LogP contribution in [0.15, 0.2) is 12.1 Å². The predicted octanol–water partition coefficient (Wildman–Crippen LogP) is 4.16. The highest BCUT2D eigenvalue weighted by atomic mass is 35.5. The summed E-state index contributed by atoms with van der Waals surface area (Å²) in [5.41, 5.74) is 2.05. The van der Waals surface area contributed by atoms with E-state index < -0.39 is 0 Å². The van der Waals surface area contributed by atoms with Gasteiger partial charge in [-0.25, -0.2) is 9.97 Å². The number of nitrogens with zero attached hydrogens (tertiary/aromatic N) is 2. The van der Waals surface area contributed by atoms with Gasteiger partial charge in [-0.3, -0.25) is 0 Å². The molecule has 1 N–H and O–H groups in total. The van der Waals surface area contributed by atoms with Crippen LogP contribution in [-0.2, 0) is 6.42 Å². The fourth-order valence-corrected chi connectivity index (χ4v) is 2.91. The highest BCUT2D eigenvalue weighted by Gasteiger charge is 2.13. The maximum Gasteiger partial charge on any atom is 0.133 e. The monoisotopic (exact) mass is 281 g/mol. The van der Waals surface area contributed by atoms with Crippen molar-refractivity contribution in [2.24, 2.45) is 0 Å². The van der Waals surface area contributed by atoms with Crippen LogP contribution >= 0.6 is 22.9 Å². The van der Waals surface area contributed by atoms with Crippen molar-refractivity contribution in [1.82, 2.24) is 9.97 Å². The van der Waals surface area contributed by atoms with Gasteiger partial charge in [-0.05, 0) is 25.5 Å². The van der Waals surface area contributed by atoms with Gasteiger partial charge in [-0.2, -0.15) is 0 Å². The topological polar surface area (TPSA) is 37.8 Å². The first-order chi connectivity index (χ1) is 8.65. The van der Waals surface area contributed by atoms with Gasteiger partial charge < -0.3 is 5.32 Å². The second kappa shape index (κ2) is 5.67. The first kappa shape index (κ1) is 13.3. The molecule has 2 aromatic heterocycles. The zero-order valence-electron chi connectivity index (χ0n) is 10.7. The molecular formula is C13H16ClN3S. The Kier molecular flexibility index (Phi) is 4.19. The van der Waals surface area contributed by atoms with E-state index in [0.29, 0.717) is 0 Å². The van der Waals surface area contributed by atoms with Crippen LogP contribution in [-0.4, -0.2) is 17.0 Å². The van der Waals surface area contributed by atoms with Crippen LogP contribution < -0.4 is 5.32 Å². The molecule has 0 aliphatic rings. The maximum absolute atomic E-state index is 6.00. The lowest BCUT2D eigenvalue weighted by Crippen LogP contribution is -2.04. The number of aryl methyl sites for hydroxylation is 1. The fourth-order valence-electron chi connectivity index (χ4n) is 1.82. The minimum atomic E-state index is 0.783. The summed E-state index contributed by atoms with van der Waals surface area (Å²) >= 11 is 7.55. The van der Waals surface area contributed by atoms with Gasteiger partial charge >= 0.3 is 0 Å². The SMILES string of the molecule is CCCc1nc(NC)c(C)c(-c2ccc(Cl)s2)n1. The summed E-state index contributed by atoms with van der Waals surface area (Å²) in [6, 6.07) is 3.92. The summed E-state index contributed by atoms with van der Waals surface area (Å²) in [6.07, 6.45) is 1.93. The predicted molar refractivity (Wildman–Crippen MR) is 78.6 cm³/mol. The smallest absolute Gasteiger partial charge is 0.133 e. The molecule has 0 saturated carbocycles.